The Morgan fingerprint density at radius 3 is 2.58 bits per heavy atom. The SMILES string of the molecule is COc1ccc2cccc(CCN(C(C)=O)C(=O)C3CCCCC3)c2c1. The molecule has 0 atom stereocenters. The fourth-order valence-electron chi connectivity index (χ4n) is 3.89. The second-order valence-electron chi connectivity index (χ2n) is 7.10. The van der Waals surface area contributed by atoms with E-state index in [1.165, 1.54) is 18.2 Å². The first-order valence-corrected chi connectivity index (χ1v) is 9.47. The van der Waals surface area contributed by atoms with Crippen LogP contribution in [0.5, 0.6) is 5.75 Å². The lowest BCUT2D eigenvalue weighted by Gasteiger charge is -2.27. The van der Waals surface area contributed by atoms with E-state index in [1.807, 2.05) is 24.3 Å². The van der Waals surface area contributed by atoms with Crippen molar-refractivity contribution in [2.24, 2.45) is 5.92 Å². The maximum absolute atomic E-state index is 12.8. The smallest absolute Gasteiger partial charge is 0.232 e. The summed E-state index contributed by atoms with van der Waals surface area (Å²) in [5, 5.41) is 2.25. The fourth-order valence-corrected chi connectivity index (χ4v) is 3.89. The van der Waals surface area contributed by atoms with Gasteiger partial charge in [-0.3, -0.25) is 14.5 Å². The molecule has 2 amide bonds. The summed E-state index contributed by atoms with van der Waals surface area (Å²) in [6.07, 6.45) is 5.85. The predicted molar refractivity (Wildman–Crippen MR) is 103 cm³/mol. The lowest BCUT2D eigenvalue weighted by molar-refractivity contribution is -0.146. The van der Waals surface area contributed by atoms with Gasteiger partial charge in [0.2, 0.25) is 11.8 Å². The molecule has 4 nitrogen and oxygen atoms in total. The fraction of sp³-hybridized carbons (Fsp3) is 0.455. The number of nitrogens with zero attached hydrogens (tertiary/aromatic N) is 1. The van der Waals surface area contributed by atoms with Gasteiger partial charge in [0, 0.05) is 19.4 Å². The van der Waals surface area contributed by atoms with Crippen molar-refractivity contribution >= 4 is 22.6 Å². The van der Waals surface area contributed by atoms with E-state index in [9.17, 15) is 9.59 Å². The molecular weight excluding hydrogens is 326 g/mol. The Morgan fingerprint density at radius 1 is 1.12 bits per heavy atom. The lowest BCUT2D eigenvalue weighted by atomic mass is 9.88. The molecule has 1 fully saturated rings. The first-order valence-electron chi connectivity index (χ1n) is 9.47. The number of hydrogen-bond acceptors (Lipinski definition) is 3. The zero-order valence-corrected chi connectivity index (χ0v) is 15.7. The normalized spacial score (nSPS) is 15.0. The van der Waals surface area contributed by atoms with Crippen LogP contribution in [-0.2, 0) is 16.0 Å². The van der Waals surface area contributed by atoms with Gasteiger partial charge in [0.15, 0.2) is 0 Å². The van der Waals surface area contributed by atoms with Crippen LogP contribution in [0.25, 0.3) is 10.8 Å². The van der Waals surface area contributed by atoms with Crippen LogP contribution >= 0.6 is 0 Å². The minimum absolute atomic E-state index is 0.00928. The van der Waals surface area contributed by atoms with Crippen molar-refractivity contribution in [1.82, 2.24) is 4.90 Å². The van der Waals surface area contributed by atoms with Crippen LogP contribution in [-0.4, -0.2) is 30.4 Å². The molecule has 2 aromatic rings. The third-order valence-corrected chi connectivity index (χ3v) is 5.38. The highest BCUT2D eigenvalue weighted by molar-refractivity contribution is 5.95. The van der Waals surface area contributed by atoms with Crippen molar-refractivity contribution in [3.63, 3.8) is 0 Å². The van der Waals surface area contributed by atoms with Crippen LogP contribution in [0.3, 0.4) is 0 Å². The lowest BCUT2D eigenvalue weighted by Crippen LogP contribution is -2.41. The Kier molecular flexibility index (Phi) is 5.92. The van der Waals surface area contributed by atoms with Crippen LogP contribution in [0, 0.1) is 5.92 Å². The number of carbonyl (C=O) groups is 2. The number of carbonyl (C=O) groups excluding carboxylic acids is 2. The number of ether oxygens (including phenoxy) is 1. The Bertz CT molecular complexity index is 793. The summed E-state index contributed by atoms with van der Waals surface area (Å²) < 4.78 is 5.34. The van der Waals surface area contributed by atoms with E-state index in [1.54, 1.807) is 7.11 Å². The second kappa shape index (κ2) is 8.35. The van der Waals surface area contributed by atoms with Gasteiger partial charge in [-0.25, -0.2) is 0 Å². The van der Waals surface area contributed by atoms with Crippen LogP contribution in [0.1, 0.15) is 44.6 Å². The van der Waals surface area contributed by atoms with Crippen LogP contribution in [0.4, 0.5) is 0 Å². The van der Waals surface area contributed by atoms with Gasteiger partial charge in [-0.05, 0) is 47.7 Å². The number of amides is 2. The molecule has 2 aromatic carbocycles. The van der Waals surface area contributed by atoms with Crippen molar-refractivity contribution < 1.29 is 14.3 Å². The highest BCUT2D eigenvalue weighted by Gasteiger charge is 2.28. The standard InChI is InChI=1S/C22H27NO3/c1-16(24)23(22(25)19-7-4-3-5-8-19)14-13-18-10-6-9-17-11-12-20(26-2)15-21(17)18/h6,9-12,15,19H,3-5,7-8,13-14H2,1-2H3. The average Bonchev–Trinajstić information content (AvgIpc) is 2.68. The molecule has 26 heavy (non-hydrogen) atoms. The number of benzene rings is 2. The first kappa shape index (κ1) is 18.4. The summed E-state index contributed by atoms with van der Waals surface area (Å²) >= 11 is 0. The highest BCUT2D eigenvalue weighted by atomic mass is 16.5. The zero-order chi connectivity index (χ0) is 18.5. The summed E-state index contributed by atoms with van der Waals surface area (Å²) in [6.45, 7) is 1.92. The average molecular weight is 353 g/mol. The van der Waals surface area contributed by atoms with E-state index < -0.39 is 0 Å². The van der Waals surface area contributed by atoms with Crippen LogP contribution < -0.4 is 4.74 Å². The van der Waals surface area contributed by atoms with E-state index in [0.717, 1.165) is 47.8 Å². The van der Waals surface area contributed by atoms with Gasteiger partial charge in [-0.1, -0.05) is 43.5 Å². The first-order chi connectivity index (χ1) is 12.6. The molecule has 3 rings (SSSR count). The molecule has 4 heteroatoms. The second-order valence-corrected chi connectivity index (χ2v) is 7.10. The zero-order valence-electron chi connectivity index (χ0n) is 15.7. The maximum atomic E-state index is 12.8. The Morgan fingerprint density at radius 2 is 1.88 bits per heavy atom. The summed E-state index contributed by atoms with van der Waals surface area (Å²) in [5.41, 5.74) is 1.13. The maximum Gasteiger partial charge on any atom is 0.232 e. The Balaban J connectivity index is 1.78. The van der Waals surface area contributed by atoms with Gasteiger partial charge in [0.25, 0.3) is 0 Å². The summed E-state index contributed by atoms with van der Waals surface area (Å²) in [5.74, 6) is 0.681. The monoisotopic (exact) mass is 353 g/mol. The summed E-state index contributed by atoms with van der Waals surface area (Å²) in [4.78, 5) is 26.4. The van der Waals surface area contributed by atoms with Gasteiger partial charge < -0.3 is 4.74 Å². The number of imide groups is 1. The molecule has 0 bridgehead atoms. The van der Waals surface area contributed by atoms with Gasteiger partial charge in [0.05, 0.1) is 7.11 Å². The van der Waals surface area contributed by atoms with Crippen molar-refractivity contribution in [3.8, 4) is 5.75 Å². The molecule has 0 unspecified atom stereocenters. The molecule has 138 valence electrons. The van der Waals surface area contributed by atoms with E-state index >= 15 is 0 Å². The van der Waals surface area contributed by atoms with E-state index in [4.69, 9.17) is 4.74 Å². The topological polar surface area (TPSA) is 46.6 Å². The Labute approximate surface area is 155 Å². The molecular formula is C22H27NO3. The summed E-state index contributed by atoms with van der Waals surface area (Å²) in [7, 11) is 1.66. The molecule has 0 radical (unpaired) electrons. The van der Waals surface area contributed by atoms with Crippen molar-refractivity contribution in [3.05, 3.63) is 42.0 Å². The minimum atomic E-state index is -0.154. The van der Waals surface area contributed by atoms with Crippen LogP contribution in [0.15, 0.2) is 36.4 Å². The third-order valence-electron chi connectivity index (χ3n) is 5.38. The molecule has 0 spiro atoms. The number of hydrogen-bond donors (Lipinski definition) is 0. The van der Waals surface area contributed by atoms with Crippen molar-refractivity contribution in [2.75, 3.05) is 13.7 Å². The molecule has 0 saturated heterocycles. The predicted octanol–water partition coefficient (Wildman–Crippen LogP) is 4.35. The van der Waals surface area contributed by atoms with Gasteiger partial charge in [-0.15, -0.1) is 0 Å². The molecule has 0 aromatic heterocycles. The van der Waals surface area contributed by atoms with Gasteiger partial charge in [-0.2, -0.15) is 0 Å². The molecule has 1 saturated carbocycles. The van der Waals surface area contributed by atoms with Crippen molar-refractivity contribution in [2.45, 2.75) is 45.4 Å². The van der Waals surface area contributed by atoms with E-state index in [0.29, 0.717) is 13.0 Å². The molecule has 0 aliphatic heterocycles. The van der Waals surface area contributed by atoms with Crippen molar-refractivity contribution in [1.29, 1.82) is 0 Å². The Hall–Kier alpha value is -2.36. The molecule has 1 aliphatic rings. The number of methoxy groups -OCH3 is 1. The number of fused-ring (bicyclic) bond motifs is 1. The highest BCUT2D eigenvalue weighted by Crippen LogP contribution is 2.27. The quantitative estimate of drug-likeness (QED) is 0.803. The molecule has 0 N–H and O–H groups in total. The van der Waals surface area contributed by atoms with E-state index in [2.05, 4.69) is 12.1 Å². The summed E-state index contributed by atoms with van der Waals surface area (Å²) in [6, 6.07) is 12.1. The largest absolute Gasteiger partial charge is 0.497 e. The van der Waals surface area contributed by atoms with Gasteiger partial charge in [0.1, 0.15) is 5.75 Å². The third kappa shape index (κ3) is 4.06. The van der Waals surface area contributed by atoms with E-state index in [-0.39, 0.29) is 17.7 Å². The molecule has 0 heterocycles. The minimum Gasteiger partial charge on any atom is -0.497 e. The van der Waals surface area contributed by atoms with Gasteiger partial charge >= 0.3 is 0 Å². The number of rotatable bonds is 5. The van der Waals surface area contributed by atoms with Crippen LogP contribution in [0.2, 0.25) is 0 Å². The molecule has 1 aliphatic carbocycles.